The molecule has 0 radical (unpaired) electrons. The fourth-order valence-corrected chi connectivity index (χ4v) is 3.27. The van der Waals surface area contributed by atoms with Gasteiger partial charge in [-0.3, -0.25) is 9.59 Å². The van der Waals surface area contributed by atoms with Gasteiger partial charge >= 0.3 is 0 Å². The molecule has 3 N–H and O–H groups in total. The molecule has 1 amide bonds. The number of aromatic nitrogens is 2. The molecule has 0 aromatic carbocycles. The first kappa shape index (κ1) is 18.7. The van der Waals surface area contributed by atoms with Crippen molar-refractivity contribution in [3.8, 4) is 11.1 Å². The number of piperidine rings is 1. The zero-order chi connectivity index (χ0) is 19.2. The molecule has 0 bridgehead atoms. The Hall–Kier alpha value is -3.09. The van der Waals surface area contributed by atoms with Gasteiger partial charge in [0.2, 0.25) is 5.91 Å². The van der Waals surface area contributed by atoms with Crippen LogP contribution < -0.4 is 16.2 Å². The summed E-state index contributed by atoms with van der Waals surface area (Å²) in [6, 6.07) is 5.72. The summed E-state index contributed by atoms with van der Waals surface area (Å²) in [5.41, 5.74) is 2.20. The van der Waals surface area contributed by atoms with Gasteiger partial charge in [0, 0.05) is 44.1 Å². The molecule has 142 valence electrons. The molecule has 0 aliphatic carbocycles. The average Bonchev–Trinajstić information content (AvgIpc) is 2.70. The zero-order valence-corrected chi connectivity index (χ0v) is 15.7. The molecule has 0 saturated carbocycles. The standard InChI is InChI=1S/C20H25N5O2/c1-3-5-19(26)25-9-4-6-16(13-25)24-17-10-15(12-23-20(17)27)14-7-8-22-18(11-14)21-2/h3,5,7-8,10-12,16,24H,4,6,9,13H2,1-2H3,(H,21,22)(H,23,27)/b5-3+/t16-/m1/s1. The summed E-state index contributed by atoms with van der Waals surface area (Å²) in [6.07, 6.45) is 8.59. The minimum Gasteiger partial charge on any atom is -0.376 e. The van der Waals surface area contributed by atoms with E-state index in [-0.39, 0.29) is 17.5 Å². The molecule has 0 spiro atoms. The molecular weight excluding hydrogens is 342 g/mol. The van der Waals surface area contributed by atoms with Gasteiger partial charge in [-0.25, -0.2) is 4.98 Å². The van der Waals surface area contributed by atoms with Crippen LogP contribution in [0, 0.1) is 0 Å². The Bertz CT molecular complexity index is 890. The van der Waals surface area contributed by atoms with Crippen molar-refractivity contribution in [3.63, 3.8) is 0 Å². The van der Waals surface area contributed by atoms with Gasteiger partial charge in [-0.05, 0) is 49.6 Å². The maximum Gasteiger partial charge on any atom is 0.271 e. The molecule has 7 nitrogen and oxygen atoms in total. The number of pyridine rings is 2. The minimum absolute atomic E-state index is 0.0167. The highest BCUT2D eigenvalue weighted by Gasteiger charge is 2.23. The lowest BCUT2D eigenvalue weighted by Gasteiger charge is -2.33. The number of H-pyrrole nitrogens is 1. The van der Waals surface area contributed by atoms with Crippen LogP contribution in [0.1, 0.15) is 19.8 Å². The van der Waals surface area contributed by atoms with Gasteiger partial charge in [0.25, 0.3) is 5.56 Å². The van der Waals surface area contributed by atoms with Crippen LogP contribution in [-0.4, -0.2) is 47.0 Å². The molecule has 3 rings (SSSR count). The Morgan fingerprint density at radius 2 is 2.22 bits per heavy atom. The molecule has 2 aromatic rings. The van der Waals surface area contributed by atoms with E-state index in [1.54, 1.807) is 24.5 Å². The summed E-state index contributed by atoms with van der Waals surface area (Å²) < 4.78 is 0. The third-order valence-corrected chi connectivity index (χ3v) is 4.65. The van der Waals surface area contributed by atoms with Crippen LogP contribution in [0.25, 0.3) is 11.1 Å². The molecule has 3 heterocycles. The highest BCUT2D eigenvalue weighted by atomic mass is 16.2. The number of carbonyl (C=O) groups excluding carboxylic acids is 1. The quantitative estimate of drug-likeness (QED) is 0.706. The highest BCUT2D eigenvalue weighted by Crippen LogP contribution is 2.22. The van der Waals surface area contributed by atoms with Crippen LogP contribution >= 0.6 is 0 Å². The van der Waals surface area contributed by atoms with Gasteiger partial charge in [-0.2, -0.15) is 0 Å². The van der Waals surface area contributed by atoms with Gasteiger partial charge in [-0.1, -0.05) is 6.08 Å². The van der Waals surface area contributed by atoms with Crippen molar-refractivity contribution in [1.29, 1.82) is 0 Å². The van der Waals surface area contributed by atoms with Crippen LogP contribution in [-0.2, 0) is 4.79 Å². The molecule has 1 aliphatic heterocycles. The third-order valence-electron chi connectivity index (χ3n) is 4.65. The number of hydrogen-bond acceptors (Lipinski definition) is 5. The third kappa shape index (κ3) is 4.55. The number of hydrogen-bond donors (Lipinski definition) is 3. The van der Waals surface area contributed by atoms with E-state index < -0.39 is 0 Å². The second-order valence-corrected chi connectivity index (χ2v) is 6.58. The Kier molecular flexibility index (Phi) is 5.90. The summed E-state index contributed by atoms with van der Waals surface area (Å²) in [6.45, 7) is 3.18. The summed E-state index contributed by atoms with van der Waals surface area (Å²) in [5, 5.41) is 6.33. The van der Waals surface area contributed by atoms with Crippen LogP contribution in [0.5, 0.6) is 0 Å². The van der Waals surface area contributed by atoms with E-state index in [0.29, 0.717) is 12.2 Å². The second kappa shape index (κ2) is 8.53. The molecule has 1 saturated heterocycles. The van der Waals surface area contributed by atoms with E-state index in [4.69, 9.17) is 0 Å². The fraction of sp³-hybridized carbons (Fsp3) is 0.350. The van der Waals surface area contributed by atoms with Crippen LogP contribution in [0.2, 0.25) is 0 Å². The van der Waals surface area contributed by atoms with E-state index in [9.17, 15) is 9.59 Å². The van der Waals surface area contributed by atoms with Crippen molar-refractivity contribution >= 4 is 17.4 Å². The van der Waals surface area contributed by atoms with Gasteiger partial charge in [0.1, 0.15) is 11.5 Å². The van der Waals surface area contributed by atoms with Gasteiger partial charge in [-0.15, -0.1) is 0 Å². The number of rotatable bonds is 5. The van der Waals surface area contributed by atoms with Crippen LogP contribution in [0.15, 0.2) is 47.5 Å². The first-order valence-corrected chi connectivity index (χ1v) is 9.15. The van der Waals surface area contributed by atoms with Crippen molar-refractivity contribution < 1.29 is 4.79 Å². The largest absolute Gasteiger partial charge is 0.376 e. The molecule has 0 unspecified atom stereocenters. The monoisotopic (exact) mass is 367 g/mol. The molecule has 27 heavy (non-hydrogen) atoms. The first-order chi connectivity index (χ1) is 13.1. The van der Waals surface area contributed by atoms with Gasteiger partial charge < -0.3 is 20.5 Å². The van der Waals surface area contributed by atoms with E-state index in [1.165, 1.54) is 0 Å². The predicted molar refractivity (Wildman–Crippen MR) is 108 cm³/mol. The molecular formula is C20H25N5O2. The van der Waals surface area contributed by atoms with Crippen molar-refractivity contribution in [3.05, 3.63) is 53.1 Å². The minimum atomic E-state index is -0.168. The topological polar surface area (TPSA) is 90.1 Å². The number of allylic oxidation sites excluding steroid dienone is 1. The number of likely N-dealkylation sites (tertiary alicyclic amines) is 1. The lowest BCUT2D eigenvalue weighted by atomic mass is 10.0. The number of nitrogens with zero attached hydrogens (tertiary/aromatic N) is 2. The molecule has 7 heteroatoms. The Balaban J connectivity index is 1.78. The van der Waals surface area contributed by atoms with Crippen molar-refractivity contribution in [1.82, 2.24) is 14.9 Å². The first-order valence-electron chi connectivity index (χ1n) is 9.15. The van der Waals surface area contributed by atoms with E-state index in [1.807, 2.05) is 37.1 Å². The SMILES string of the molecule is C/C=C/C(=O)N1CCC[C@@H](Nc2cc(-c3ccnc(NC)c3)c[nH]c2=O)C1. The zero-order valence-electron chi connectivity index (χ0n) is 15.7. The van der Waals surface area contributed by atoms with Crippen LogP contribution in [0.4, 0.5) is 11.5 Å². The van der Waals surface area contributed by atoms with E-state index in [0.717, 1.165) is 36.3 Å². The molecule has 1 fully saturated rings. The number of nitrogens with one attached hydrogen (secondary N) is 3. The van der Waals surface area contributed by atoms with Gasteiger partial charge in [0.15, 0.2) is 0 Å². The molecule has 1 aliphatic rings. The fourth-order valence-electron chi connectivity index (χ4n) is 3.27. The average molecular weight is 367 g/mol. The molecule has 1 atom stereocenters. The second-order valence-electron chi connectivity index (χ2n) is 6.58. The maximum absolute atomic E-state index is 12.3. The summed E-state index contributed by atoms with van der Waals surface area (Å²) in [5.74, 6) is 0.779. The van der Waals surface area contributed by atoms with Crippen LogP contribution in [0.3, 0.4) is 0 Å². The predicted octanol–water partition coefficient (Wildman–Crippen LogP) is 2.46. The summed E-state index contributed by atoms with van der Waals surface area (Å²) in [4.78, 5) is 33.2. The van der Waals surface area contributed by atoms with E-state index >= 15 is 0 Å². The van der Waals surface area contributed by atoms with E-state index in [2.05, 4.69) is 20.6 Å². The Morgan fingerprint density at radius 3 is 3.00 bits per heavy atom. The van der Waals surface area contributed by atoms with Gasteiger partial charge in [0.05, 0.1) is 0 Å². The van der Waals surface area contributed by atoms with Crippen molar-refractivity contribution in [2.75, 3.05) is 30.8 Å². The normalized spacial score (nSPS) is 17.1. The molecule has 2 aromatic heterocycles. The lowest BCUT2D eigenvalue weighted by Crippen LogP contribution is -2.45. The Morgan fingerprint density at radius 1 is 1.37 bits per heavy atom. The number of carbonyl (C=O) groups is 1. The smallest absolute Gasteiger partial charge is 0.271 e. The summed E-state index contributed by atoms with van der Waals surface area (Å²) >= 11 is 0. The Labute approximate surface area is 158 Å². The summed E-state index contributed by atoms with van der Waals surface area (Å²) in [7, 11) is 1.82. The van der Waals surface area contributed by atoms with Crippen molar-refractivity contribution in [2.24, 2.45) is 0 Å². The number of amides is 1. The highest BCUT2D eigenvalue weighted by molar-refractivity contribution is 5.87. The number of aromatic amines is 1. The number of anilines is 2. The maximum atomic E-state index is 12.3. The lowest BCUT2D eigenvalue weighted by molar-refractivity contribution is -0.127. The van der Waals surface area contributed by atoms with Crippen molar-refractivity contribution in [2.45, 2.75) is 25.8 Å².